The molecule has 0 bridgehead atoms. The van der Waals surface area contributed by atoms with Crippen LogP contribution in [0.5, 0.6) is 0 Å². The number of anilines is 1. The molecule has 0 N–H and O–H groups in total. The zero-order valence-corrected chi connectivity index (χ0v) is 18.9. The molecule has 1 amide bonds. The first kappa shape index (κ1) is 21.6. The Balaban J connectivity index is 1.37. The number of nitriles is 1. The average molecular weight is 460 g/mol. The maximum Gasteiger partial charge on any atom is 0.258 e. The van der Waals surface area contributed by atoms with Gasteiger partial charge in [-0.3, -0.25) is 9.69 Å². The first-order valence-electron chi connectivity index (χ1n) is 11.1. The summed E-state index contributed by atoms with van der Waals surface area (Å²) in [6, 6.07) is 21.6. The van der Waals surface area contributed by atoms with Crippen molar-refractivity contribution in [3.05, 3.63) is 99.8 Å². The standard InChI is InChI=1S/C27H23ClFN3O/c28-22-3-1-2-21(14-22)26(33)32-18-27(24-15-23(29)8-9-25(24)32)10-12-31(13-11-27)17-20-6-4-19(16-30)5-7-20/h1-9,14-15H,10-13,17-18H2. The largest absolute Gasteiger partial charge is 0.307 e. The third kappa shape index (κ3) is 4.13. The summed E-state index contributed by atoms with van der Waals surface area (Å²) in [5, 5.41) is 9.51. The van der Waals surface area contributed by atoms with Crippen LogP contribution >= 0.6 is 11.6 Å². The van der Waals surface area contributed by atoms with E-state index in [1.54, 1.807) is 41.3 Å². The van der Waals surface area contributed by atoms with E-state index in [1.165, 1.54) is 11.6 Å². The molecule has 0 radical (unpaired) electrons. The summed E-state index contributed by atoms with van der Waals surface area (Å²) in [5.74, 6) is -0.382. The Labute approximate surface area is 197 Å². The Morgan fingerprint density at radius 1 is 1.06 bits per heavy atom. The van der Waals surface area contributed by atoms with Crippen LogP contribution in [0.15, 0.2) is 66.7 Å². The monoisotopic (exact) mass is 459 g/mol. The third-order valence-corrected chi connectivity index (χ3v) is 7.14. The first-order valence-corrected chi connectivity index (χ1v) is 11.4. The van der Waals surface area contributed by atoms with E-state index in [-0.39, 0.29) is 17.1 Å². The molecule has 4 nitrogen and oxygen atoms in total. The van der Waals surface area contributed by atoms with E-state index in [0.29, 0.717) is 22.7 Å². The highest BCUT2D eigenvalue weighted by atomic mass is 35.5. The zero-order valence-electron chi connectivity index (χ0n) is 18.1. The van der Waals surface area contributed by atoms with Crippen molar-refractivity contribution in [2.45, 2.75) is 24.8 Å². The third-order valence-electron chi connectivity index (χ3n) is 6.90. The van der Waals surface area contributed by atoms with Crippen molar-refractivity contribution in [3.63, 3.8) is 0 Å². The van der Waals surface area contributed by atoms with E-state index in [2.05, 4.69) is 11.0 Å². The Morgan fingerprint density at radius 3 is 2.52 bits per heavy atom. The van der Waals surface area contributed by atoms with Gasteiger partial charge in [0.1, 0.15) is 5.82 Å². The molecule has 166 valence electrons. The molecular weight excluding hydrogens is 437 g/mol. The number of likely N-dealkylation sites (tertiary alicyclic amines) is 1. The van der Waals surface area contributed by atoms with Gasteiger partial charge in [-0.05, 0) is 85.6 Å². The van der Waals surface area contributed by atoms with Gasteiger partial charge in [-0.15, -0.1) is 0 Å². The lowest BCUT2D eigenvalue weighted by Gasteiger charge is -2.40. The van der Waals surface area contributed by atoms with E-state index in [4.69, 9.17) is 16.9 Å². The minimum atomic E-state index is -0.273. The molecule has 1 fully saturated rings. The number of carbonyl (C=O) groups excluding carboxylic acids is 1. The van der Waals surface area contributed by atoms with Gasteiger partial charge in [0.25, 0.3) is 5.91 Å². The quantitative estimate of drug-likeness (QED) is 0.516. The van der Waals surface area contributed by atoms with Gasteiger partial charge in [0.15, 0.2) is 0 Å². The summed E-state index contributed by atoms with van der Waals surface area (Å²) in [5.41, 5.74) is 3.82. The zero-order chi connectivity index (χ0) is 23.0. The van der Waals surface area contributed by atoms with Gasteiger partial charge in [-0.1, -0.05) is 29.8 Å². The van der Waals surface area contributed by atoms with Crippen LogP contribution < -0.4 is 4.90 Å². The Bertz CT molecular complexity index is 1240. The fourth-order valence-electron chi connectivity index (χ4n) is 5.11. The van der Waals surface area contributed by atoms with Crippen LogP contribution in [0.1, 0.15) is 39.9 Å². The van der Waals surface area contributed by atoms with Crippen LogP contribution in [-0.4, -0.2) is 30.4 Å². The molecule has 6 heteroatoms. The fourth-order valence-corrected chi connectivity index (χ4v) is 5.30. The number of carbonyl (C=O) groups is 1. The number of hydrogen-bond acceptors (Lipinski definition) is 3. The van der Waals surface area contributed by atoms with E-state index in [1.807, 2.05) is 24.3 Å². The maximum absolute atomic E-state index is 14.3. The molecule has 2 aliphatic rings. The second-order valence-electron chi connectivity index (χ2n) is 8.93. The Kier molecular flexibility index (Phi) is 5.65. The van der Waals surface area contributed by atoms with Crippen molar-refractivity contribution >= 4 is 23.2 Å². The van der Waals surface area contributed by atoms with Crippen LogP contribution in [0, 0.1) is 17.1 Å². The van der Waals surface area contributed by atoms with Crippen LogP contribution in [0.3, 0.4) is 0 Å². The van der Waals surface area contributed by atoms with Gasteiger partial charge in [0.2, 0.25) is 0 Å². The van der Waals surface area contributed by atoms with Gasteiger partial charge in [0.05, 0.1) is 11.6 Å². The fraction of sp³-hybridized carbons (Fsp3) is 0.259. The van der Waals surface area contributed by atoms with Crippen molar-refractivity contribution in [1.29, 1.82) is 5.26 Å². The lowest BCUT2D eigenvalue weighted by Crippen LogP contribution is -2.45. The number of hydrogen-bond donors (Lipinski definition) is 0. The van der Waals surface area contributed by atoms with E-state index < -0.39 is 0 Å². The number of piperidine rings is 1. The SMILES string of the molecule is N#Cc1ccc(CN2CCC3(CC2)CN(C(=O)c2cccc(Cl)c2)c2ccc(F)cc23)cc1. The molecular formula is C27H23ClFN3O. The molecule has 3 aromatic rings. The lowest BCUT2D eigenvalue weighted by molar-refractivity contribution is 0.0975. The topological polar surface area (TPSA) is 47.3 Å². The van der Waals surface area contributed by atoms with Gasteiger partial charge in [-0.2, -0.15) is 5.26 Å². The minimum absolute atomic E-state index is 0.109. The molecule has 2 aliphatic heterocycles. The minimum Gasteiger partial charge on any atom is -0.307 e. The van der Waals surface area contributed by atoms with Crippen LogP contribution in [0.2, 0.25) is 5.02 Å². The molecule has 1 spiro atoms. The van der Waals surface area contributed by atoms with Crippen LogP contribution in [0.25, 0.3) is 0 Å². The maximum atomic E-state index is 14.3. The average Bonchev–Trinajstić information content (AvgIpc) is 3.14. The lowest BCUT2D eigenvalue weighted by atomic mass is 9.74. The number of halogens is 2. The Morgan fingerprint density at radius 2 is 1.82 bits per heavy atom. The van der Waals surface area contributed by atoms with Crippen molar-refractivity contribution in [2.24, 2.45) is 0 Å². The Hall–Kier alpha value is -3.20. The number of fused-ring (bicyclic) bond motifs is 2. The van der Waals surface area contributed by atoms with Gasteiger partial charge in [-0.25, -0.2) is 4.39 Å². The number of rotatable bonds is 3. The highest BCUT2D eigenvalue weighted by Crippen LogP contribution is 2.48. The molecule has 0 unspecified atom stereocenters. The molecule has 0 aliphatic carbocycles. The molecule has 5 rings (SSSR count). The van der Waals surface area contributed by atoms with Gasteiger partial charge in [0, 0.05) is 34.8 Å². The predicted octanol–water partition coefficient (Wildman–Crippen LogP) is 5.54. The molecule has 0 atom stereocenters. The summed E-state index contributed by atoms with van der Waals surface area (Å²) in [7, 11) is 0. The second-order valence-corrected chi connectivity index (χ2v) is 9.36. The number of amides is 1. The summed E-state index contributed by atoms with van der Waals surface area (Å²) in [6.07, 6.45) is 1.69. The van der Waals surface area contributed by atoms with Gasteiger partial charge >= 0.3 is 0 Å². The van der Waals surface area contributed by atoms with E-state index in [0.717, 1.165) is 43.7 Å². The number of nitrogens with zero attached hydrogens (tertiary/aromatic N) is 3. The summed E-state index contributed by atoms with van der Waals surface area (Å²) < 4.78 is 14.3. The van der Waals surface area contributed by atoms with Crippen LogP contribution in [0.4, 0.5) is 10.1 Å². The highest BCUT2D eigenvalue weighted by molar-refractivity contribution is 6.31. The predicted molar refractivity (Wildman–Crippen MR) is 127 cm³/mol. The van der Waals surface area contributed by atoms with Crippen LogP contribution in [-0.2, 0) is 12.0 Å². The first-order chi connectivity index (χ1) is 16.0. The molecule has 3 aromatic carbocycles. The van der Waals surface area contributed by atoms with Crippen molar-refractivity contribution in [3.8, 4) is 6.07 Å². The normalized spacial score (nSPS) is 17.1. The van der Waals surface area contributed by atoms with Crippen molar-refractivity contribution < 1.29 is 9.18 Å². The van der Waals surface area contributed by atoms with E-state index in [9.17, 15) is 9.18 Å². The number of benzene rings is 3. The van der Waals surface area contributed by atoms with Crippen molar-refractivity contribution in [2.75, 3.05) is 24.5 Å². The molecule has 1 saturated heterocycles. The molecule has 2 heterocycles. The summed E-state index contributed by atoms with van der Waals surface area (Å²) in [6.45, 7) is 3.06. The summed E-state index contributed by atoms with van der Waals surface area (Å²) in [4.78, 5) is 17.5. The molecule has 0 saturated carbocycles. The summed E-state index contributed by atoms with van der Waals surface area (Å²) >= 11 is 6.12. The van der Waals surface area contributed by atoms with E-state index >= 15 is 0 Å². The smallest absolute Gasteiger partial charge is 0.258 e. The molecule has 33 heavy (non-hydrogen) atoms. The highest BCUT2D eigenvalue weighted by Gasteiger charge is 2.46. The second kappa shape index (κ2) is 8.62. The van der Waals surface area contributed by atoms with Gasteiger partial charge < -0.3 is 4.90 Å². The van der Waals surface area contributed by atoms with Crippen molar-refractivity contribution in [1.82, 2.24) is 4.90 Å². The molecule has 0 aromatic heterocycles.